The van der Waals surface area contributed by atoms with E-state index in [0.717, 1.165) is 5.56 Å². The predicted molar refractivity (Wildman–Crippen MR) is 69.2 cm³/mol. The third-order valence-electron chi connectivity index (χ3n) is 3.66. The van der Waals surface area contributed by atoms with Crippen LogP contribution in [0.25, 0.3) is 0 Å². The Balaban J connectivity index is 3.39. The summed E-state index contributed by atoms with van der Waals surface area (Å²) in [5.74, 6) is -2.35. The van der Waals surface area contributed by atoms with E-state index in [1.807, 2.05) is 0 Å². The summed E-state index contributed by atoms with van der Waals surface area (Å²) in [4.78, 5) is 0. The Morgan fingerprint density at radius 1 is 1.17 bits per heavy atom. The molecule has 1 aromatic rings. The Morgan fingerprint density at radius 2 is 1.72 bits per heavy atom. The second kappa shape index (κ2) is 4.84. The molecule has 2 nitrogen and oxygen atoms in total. The number of methoxy groups -OCH3 is 1. The number of ether oxygens (including phenoxy) is 1. The molecule has 0 fully saturated rings. The minimum atomic E-state index is -2.97. The molecule has 0 aliphatic heterocycles. The maximum Gasteiger partial charge on any atom is 0.279 e. The summed E-state index contributed by atoms with van der Waals surface area (Å²) in [5, 5.41) is 0. The molecular weight excluding hydrogens is 236 g/mol. The van der Waals surface area contributed by atoms with Crippen molar-refractivity contribution < 1.29 is 13.5 Å². The van der Waals surface area contributed by atoms with Crippen molar-refractivity contribution >= 4 is 0 Å². The molecule has 0 aliphatic rings. The first-order valence-corrected chi connectivity index (χ1v) is 5.91. The highest BCUT2D eigenvalue weighted by molar-refractivity contribution is 5.45. The number of alkyl halides is 2. The molecule has 1 rings (SSSR count). The van der Waals surface area contributed by atoms with Gasteiger partial charge in [-0.25, -0.2) is 8.78 Å². The zero-order chi connectivity index (χ0) is 14.1. The Bertz CT molecular complexity index is 442. The lowest BCUT2D eigenvalue weighted by Crippen LogP contribution is -2.40. The first-order chi connectivity index (χ1) is 8.19. The topological polar surface area (TPSA) is 35.2 Å². The highest BCUT2D eigenvalue weighted by Crippen LogP contribution is 2.46. The second-order valence-electron chi connectivity index (χ2n) is 5.23. The molecule has 0 amide bonds. The highest BCUT2D eigenvalue weighted by Gasteiger charge is 2.48. The van der Waals surface area contributed by atoms with Crippen molar-refractivity contribution in [2.24, 2.45) is 11.1 Å². The number of hydrogen-bond acceptors (Lipinski definition) is 2. The van der Waals surface area contributed by atoms with E-state index in [0.29, 0.717) is 11.3 Å². The molecule has 0 spiro atoms. The van der Waals surface area contributed by atoms with Crippen LogP contribution < -0.4 is 10.5 Å². The first-order valence-electron chi connectivity index (χ1n) is 5.91. The fraction of sp³-hybridized carbons (Fsp3) is 0.571. The SMILES string of the molecule is COc1ccc(C(F)(F)C(C)(C)CN)c(C)c1C. The van der Waals surface area contributed by atoms with Crippen LogP contribution in [0.3, 0.4) is 0 Å². The monoisotopic (exact) mass is 257 g/mol. The van der Waals surface area contributed by atoms with Gasteiger partial charge in [-0.2, -0.15) is 0 Å². The molecule has 0 aliphatic carbocycles. The third-order valence-corrected chi connectivity index (χ3v) is 3.66. The van der Waals surface area contributed by atoms with Crippen molar-refractivity contribution in [3.63, 3.8) is 0 Å². The molecule has 2 N–H and O–H groups in total. The molecular formula is C14H21F2NO. The van der Waals surface area contributed by atoms with Gasteiger partial charge < -0.3 is 10.5 Å². The van der Waals surface area contributed by atoms with Crippen LogP contribution in [0, 0.1) is 19.3 Å². The molecule has 102 valence electrons. The van der Waals surface area contributed by atoms with E-state index in [1.165, 1.54) is 27.0 Å². The second-order valence-corrected chi connectivity index (χ2v) is 5.23. The van der Waals surface area contributed by atoms with Gasteiger partial charge >= 0.3 is 0 Å². The summed E-state index contributed by atoms with van der Waals surface area (Å²) >= 11 is 0. The van der Waals surface area contributed by atoms with Gasteiger partial charge in [-0.3, -0.25) is 0 Å². The van der Waals surface area contributed by atoms with Crippen molar-refractivity contribution in [2.75, 3.05) is 13.7 Å². The van der Waals surface area contributed by atoms with Crippen LogP contribution in [-0.2, 0) is 5.92 Å². The van der Waals surface area contributed by atoms with Crippen molar-refractivity contribution in [3.05, 3.63) is 28.8 Å². The van der Waals surface area contributed by atoms with Gasteiger partial charge in [0.2, 0.25) is 0 Å². The van der Waals surface area contributed by atoms with Crippen LogP contribution in [0.4, 0.5) is 8.78 Å². The summed E-state index contributed by atoms with van der Waals surface area (Å²) < 4.78 is 34.1. The fourth-order valence-corrected chi connectivity index (χ4v) is 1.85. The zero-order valence-corrected chi connectivity index (χ0v) is 11.6. The normalized spacial score (nSPS) is 12.7. The molecule has 18 heavy (non-hydrogen) atoms. The van der Waals surface area contributed by atoms with Crippen LogP contribution in [0.5, 0.6) is 5.75 Å². The Hall–Kier alpha value is -1.16. The van der Waals surface area contributed by atoms with Crippen LogP contribution in [-0.4, -0.2) is 13.7 Å². The number of halogens is 2. The summed E-state index contributed by atoms with van der Waals surface area (Å²) in [6.07, 6.45) is 0. The lowest BCUT2D eigenvalue weighted by molar-refractivity contribution is -0.109. The molecule has 0 atom stereocenters. The number of hydrogen-bond donors (Lipinski definition) is 1. The van der Waals surface area contributed by atoms with Gasteiger partial charge in [0.1, 0.15) is 5.75 Å². The van der Waals surface area contributed by atoms with E-state index in [4.69, 9.17) is 10.5 Å². The van der Waals surface area contributed by atoms with Gasteiger partial charge in [-0.15, -0.1) is 0 Å². The number of rotatable bonds is 4. The molecule has 0 saturated carbocycles. The molecule has 1 aromatic carbocycles. The quantitative estimate of drug-likeness (QED) is 0.897. The van der Waals surface area contributed by atoms with Gasteiger partial charge in [0.25, 0.3) is 5.92 Å². The summed E-state index contributed by atoms with van der Waals surface area (Å²) in [7, 11) is 1.53. The van der Waals surface area contributed by atoms with E-state index in [-0.39, 0.29) is 12.1 Å². The largest absolute Gasteiger partial charge is 0.496 e. The first kappa shape index (κ1) is 14.9. The summed E-state index contributed by atoms with van der Waals surface area (Å²) in [6, 6.07) is 3.01. The van der Waals surface area contributed by atoms with E-state index in [2.05, 4.69) is 0 Å². The fourth-order valence-electron chi connectivity index (χ4n) is 1.85. The number of benzene rings is 1. The lowest BCUT2D eigenvalue weighted by atomic mass is 9.79. The van der Waals surface area contributed by atoms with Crippen LogP contribution in [0.2, 0.25) is 0 Å². The summed E-state index contributed by atoms with van der Waals surface area (Å²) in [5.41, 5.74) is 5.51. The standard InChI is InChI=1S/C14H21F2NO/c1-9-10(2)12(18-5)7-6-11(9)14(15,16)13(3,4)8-17/h6-7H,8,17H2,1-5H3. The van der Waals surface area contributed by atoms with Crippen LogP contribution in [0.15, 0.2) is 12.1 Å². The van der Waals surface area contributed by atoms with Gasteiger partial charge in [0.15, 0.2) is 0 Å². The van der Waals surface area contributed by atoms with Crippen LogP contribution >= 0.6 is 0 Å². The molecule has 0 saturated heterocycles. The average Bonchev–Trinajstić information content (AvgIpc) is 2.32. The Labute approximate surface area is 107 Å². The Kier molecular flexibility index (Phi) is 4.01. The van der Waals surface area contributed by atoms with Crippen molar-refractivity contribution in [3.8, 4) is 5.75 Å². The molecule has 0 heterocycles. The van der Waals surface area contributed by atoms with Gasteiger partial charge in [-0.05, 0) is 37.1 Å². The molecule has 0 unspecified atom stereocenters. The van der Waals surface area contributed by atoms with E-state index >= 15 is 0 Å². The van der Waals surface area contributed by atoms with E-state index < -0.39 is 11.3 Å². The molecule has 0 bridgehead atoms. The third kappa shape index (κ3) is 2.21. The van der Waals surface area contributed by atoms with Crippen LogP contribution in [0.1, 0.15) is 30.5 Å². The van der Waals surface area contributed by atoms with Crippen molar-refractivity contribution in [1.29, 1.82) is 0 Å². The van der Waals surface area contributed by atoms with E-state index in [1.54, 1.807) is 19.9 Å². The minimum Gasteiger partial charge on any atom is -0.496 e. The number of nitrogens with two attached hydrogens (primary N) is 1. The maximum absolute atomic E-state index is 14.5. The highest BCUT2D eigenvalue weighted by atomic mass is 19.3. The lowest BCUT2D eigenvalue weighted by Gasteiger charge is -2.34. The van der Waals surface area contributed by atoms with Crippen molar-refractivity contribution in [1.82, 2.24) is 0 Å². The van der Waals surface area contributed by atoms with Gasteiger partial charge in [0, 0.05) is 17.5 Å². The van der Waals surface area contributed by atoms with Crippen molar-refractivity contribution in [2.45, 2.75) is 33.6 Å². The zero-order valence-electron chi connectivity index (χ0n) is 11.6. The average molecular weight is 257 g/mol. The minimum absolute atomic E-state index is 0.0243. The van der Waals surface area contributed by atoms with Gasteiger partial charge in [-0.1, -0.05) is 13.8 Å². The van der Waals surface area contributed by atoms with E-state index in [9.17, 15) is 8.78 Å². The predicted octanol–water partition coefficient (Wildman–Crippen LogP) is 3.39. The molecule has 4 heteroatoms. The summed E-state index contributed by atoms with van der Waals surface area (Å²) in [6.45, 7) is 6.35. The Morgan fingerprint density at radius 3 is 2.17 bits per heavy atom. The molecule has 0 radical (unpaired) electrons. The smallest absolute Gasteiger partial charge is 0.279 e. The van der Waals surface area contributed by atoms with Gasteiger partial charge in [0.05, 0.1) is 7.11 Å². The maximum atomic E-state index is 14.5. The molecule has 0 aromatic heterocycles.